The number of nitrogens with one attached hydrogen (secondary N) is 1. The normalized spacial score (nSPS) is 31.7. The van der Waals surface area contributed by atoms with Crippen molar-refractivity contribution in [2.45, 2.75) is 51.3 Å². The minimum Gasteiger partial charge on any atom is -0.378 e. The standard InChI is InChI=1S/C14H26N2O3/c1-11-12(2)16(7-6-15-11)14(17)5-9-18-10-13-4-3-8-19-13/h11-13,15H,3-10H2,1-2H3. The van der Waals surface area contributed by atoms with Crippen LogP contribution in [0.2, 0.25) is 0 Å². The van der Waals surface area contributed by atoms with Gasteiger partial charge in [-0.25, -0.2) is 0 Å². The number of hydrogen-bond donors (Lipinski definition) is 1. The maximum atomic E-state index is 12.1. The zero-order valence-electron chi connectivity index (χ0n) is 12.1. The van der Waals surface area contributed by atoms with E-state index in [2.05, 4.69) is 19.2 Å². The SMILES string of the molecule is CC1NCCN(C(=O)CCOCC2CCCO2)C1C. The second-order valence-electron chi connectivity index (χ2n) is 5.53. The molecule has 3 unspecified atom stereocenters. The van der Waals surface area contributed by atoms with Gasteiger partial charge < -0.3 is 19.7 Å². The molecule has 0 bridgehead atoms. The Balaban J connectivity index is 1.63. The van der Waals surface area contributed by atoms with Gasteiger partial charge in [-0.2, -0.15) is 0 Å². The first-order valence-electron chi connectivity index (χ1n) is 7.40. The first kappa shape index (κ1) is 14.8. The second kappa shape index (κ2) is 7.22. The van der Waals surface area contributed by atoms with Crippen LogP contribution in [-0.4, -0.2) is 61.9 Å². The van der Waals surface area contributed by atoms with Crippen LogP contribution in [0.25, 0.3) is 0 Å². The highest BCUT2D eigenvalue weighted by molar-refractivity contribution is 5.76. The molecule has 3 atom stereocenters. The van der Waals surface area contributed by atoms with Crippen LogP contribution in [0.4, 0.5) is 0 Å². The molecule has 5 nitrogen and oxygen atoms in total. The maximum absolute atomic E-state index is 12.1. The fourth-order valence-corrected chi connectivity index (χ4v) is 2.70. The van der Waals surface area contributed by atoms with E-state index in [1.54, 1.807) is 0 Å². The Labute approximate surface area is 115 Å². The van der Waals surface area contributed by atoms with Crippen LogP contribution in [0.15, 0.2) is 0 Å². The molecule has 0 saturated carbocycles. The summed E-state index contributed by atoms with van der Waals surface area (Å²) in [5.74, 6) is 0.202. The predicted octanol–water partition coefficient (Wildman–Crippen LogP) is 0.781. The molecule has 2 saturated heterocycles. The van der Waals surface area contributed by atoms with E-state index in [0.29, 0.717) is 25.7 Å². The van der Waals surface area contributed by atoms with Crippen molar-refractivity contribution in [1.82, 2.24) is 10.2 Å². The number of nitrogens with zero attached hydrogens (tertiary/aromatic N) is 1. The van der Waals surface area contributed by atoms with Crippen molar-refractivity contribution in [2.75, 3.05) is 32.9 Å². The summed E-state index contributed by atoms with van der Waals surface area (Å²) >= 11 is 0. The lowest BCUT2D eigenvalue weighted by Gasteiger charge is -2.38. The summed E-state index contributed by atoms with van der Waals surface area (Å²) in [6.07, 6.45) is 2.93. The molecule has 1 amide bonds. The summed E-state index contributed by atoms with van der Waals surface area (Å²) in [7, 11) is 0. The highest BCUT2D eigenvalue weighted by atomic mass is 16.5. The number of carbonyl (C=O) groups is 1. The van der Waals surface area contributed by atoms with Crippen LogP contribution in [0.3, 0.4) is 0 Å². The first-order valence-corrected chi connectivity index (χ1v) is 7.40. The molecular weight excluding hydrogens is 244 g/mol. The average molecular weight is 270 g/mol. The van der Waals surface area contributed by atoms with Gasteiger partial charge in [0.2, 0.25) is 5.91 Å². The lowest BCUT2D eigenvalue weighted by Crippen LogP contribution is -2.57. The van der Waals surface area contributed by atoms with Crippen LogP contribution >= 0.6 is 0 Å². The Morgan fingerprint density at radius 2 is 2.32 bits per heavy atom. The van der Waals surface area contributed by atoms with E-state index in [0.717, 1.165) is 32.5 Å². The zero-order valence-corrected chi connectivity index (χ0v) is 12.1. The molecule has 1 N–H and O–H groups in total. The molecule has 0 aliphatic carbocycles. The van der Waals surface area contributed by atoms with Gasteiger partial charge in [-0.3, -0.25) is 4.79 Å². The van der Waals surface area contributed by atoms with Crippen LogP contribution in [0, 0.1) is 0 Å². The second-order valence-corrected chi connectivity index (χ2v) is 5.53. The van der Waals surface area contributed by atoms with Crippen LogP contribution < -0.4 is 5.32 Å². The van der Waals surface area contributed by atoms with Crippen LogP contribution in [-0.2, 0) is 14.3 Å². The minimum absolute atomic E-state index is 0.202. The van der Waals surface area contributed by atoms with E-state index in [1.165, 1.54) is 0 Å². The third kappa shape index (κ3) is 4.16. The van der Waals surface area contributed by atoms with Gasteiger partial charge in [0.25, 0.3) is 0 Å². The molecule has 2 heterocycles. The van der Waals surface area contributed by atoms with Gasteiger partial charge in [0.1, 0.15) is 0 Å². The number of rotatable bonds is 5. The van der Waals surface area contributed by atoms with Gasteiger partial charge in [0.15, 0.2) is 0 Å². The van der Waals surface area contributed by atoms with Gasteiger partial charge in [-0.15, -0.1) is 0 Å². The Morgan fingerprint density at radius 3 is 3.05 bits per heavy atom. The molecule has 2 aliphatic rings. The third-order valence-electron chi connectivity index (χ3n) is 4.14. The van der Waals surface area contributed by atoms with Crippen molar-refractivity contribution in [3.63, 3.8) is 0 Å². The molecule has 5 heteroatoms. The Hall–Kier alpha value is -0.650. The molecule has 0 aromatic carbocycles. The quantitative estimate of drug-likeness (QED) is 0.750. The largest absolute Gasteiger partial charge is 0.378 e. The highest BCUT2D eigenvalue weighted by Crippen LogP contribution is 2.13. The van der Waals surface area contributed by atoms with Gasteiger partial charge in [0.05, 0.1) is 25.7 Å². The molecule has 110 valence electrons. The molecule has 0 radical (unpaired) electrons. The van der Waals surface area contributed by atoms with Gasteiger partial charge in [-0.1, -0.05) is 0 Å². The van der Waals surface area contributed by atoms with E-state index in [1.807, 2.05) is 4.90 Å². The average Bonchev–Trinajstić information content (AvgIpc) is 2.91. The minimum atomic E-state index is 0.202. The summed E-state index contributed by atoms with van der Waals surface area (Å²) in [5, 5.41) is 3.38. The number of piperazine rings is 1. The summed E-state index contributed by atoms with van der Waals surface area (Å²) in [6.45, 7) is 7.89. The van der Waals surface area contributed by atoms with Crippen molar-refractivity contribution in [3.05, 3.63) is 0 Å². The van der Waals surface area contributed by atoms with Crippen molar-refractivity contribution in [2.24, 2.45) is 0 Å². The molecule has 0 spiro atoms. The van der Waals surface area contributed by atoms with E-state index in [-0.39, 0.29) is 18.1 Å². The first-order chi connectivity index (χ1) is 9.18. The molecule has 2 fully saturated rings. The van der Waals surface area contributed by atoms with Gasteiger partial charge in [0, 0.05) is 31.8 Å². The Bertz CT molecular complexity index is 292. The lowest BCUT2D eigenvalue weighted by molar-refractivity contribution is -0.136. The van der Waals surface area contributed by atoms with Crippen molar-refractivity contribution >= 4 is 5.91 Å². The topological polar surface area (TPSA) is 50.8 Å². The lowest BCUT2D eigenvalue weighted by atomic mass is 10.1. The van der Waals surface area contributed by atoms with Crippen molar-refractivity contribution in [3.8, 4) is 0 Å². The molecule has 2 rings (SSSR count). The summed E-state index contributed by atoms with van der Waals surface area (Å²) in [6, 6.07) is 0.630. The van der Waals surface area contributed by atoms with Crippen LogP contribution in [0.5, 0.6) is 0 Å². The predicted molar refractivity (Wildman–Crippen MR) is 73.0 cm³/mol. The maximum Gasteiger partial charge on any atom is 0.225 e. The van der Waals surface area contributed by atoms with Gasteiger partial charge >= 0.3 is 0 Å². The van der Waals surface area contributed by atoms with E-state index in [9.17, 15) is 4.79 Å². The smallest absolute Gasteiger partial charge is 0.225 e. The van der Waals surface area contributed by atoms with Crippen molar-refractivity contribution in [1.29, 1.82) is 0 Å². The third-order valence-corrected chi connectivity index (χ3v) is 4.14. The fourth-order valence-electron chi connectivity index (χ4n) is 2.70. The van der Waals surface area contributed by atoms with E-state index >= 15 is 0 Å². The fraction of sp³-hybridized carbons (Fsp3) is 0.929. The molecular formula is C14H26N2O3. The molecule has 19 heavy (non-hydrogen) atoms. The van der Waals surface area contributed by atoms with Crippen LogP contribution in [0.1, 0.15) is 33.1 Å². The molecule has 0 aromatic heterocycles. The molecule has 0 aromatic rings. The Morgan fingerprint density at radius 1 is 1.47 bits per heavy atom. The van der Waals surface area contributed by atoms with E-state index < -0.39 is 0 Å². The number of amides is 1. The monoisotopic (exact) mass is 270 g/mol. The molecule has 2 aliphatic heterocycles. The Kier molecular flexibility index (Phi) is 5.60. The van der Waals surface area contributed by atoms with Crippen molar-refractivity contribution < 1.29 is 14.3 Å². The highest BCUT2D eigenvalue weighted by Gasteiger charge is 2.27. The zero-order chi connectivity index (χ0) is 13.7. The summed E-state index contributed by atoms with van der Waals surface area (Å²) in [4.78, 5) is 14.1. The number of ether oxygens (including phenoxy) is 2. The summed E-state index contributed by atoms with van der Waals surface area (Å²) < 4.78 is 11.0. The van der Waals surface area contributed by atoms with E-state index in [4.69, 9.17) is 9.47 Å². The van der Waals surface area contributed by atoms with Gasteiger partial charge in [-0.05, 0) is 26.7 Å². The summed E-state index contributed by atoms with van der Waals surface area (Å²) in [5.41, 5.74) is 0. The number of carbonyl (C=O) groups excluding carboxylic acids is 1. The number of hydrogen-bond acceptors (Lipinski definition) is 4.